The monoisotopic (exact) mass is 560 g/mol. The second kappa shape index (κ2) is 12.4. The van der Waals surface area contributed by atoms with Gasteiger partial charge in [-0.25, -0.2) is 4.63 Å². The van der Waals surface area contributed by atoms with Crippen molar-refractivity contribution in [1.82, 2.24) is 10.3 Å². The van der Waals surface area contributed by atoms with Crippen LogP contribution in [0, 0.1) is 6.92 Å². The molecule has 4 aromatic rings. The molecule has 0 amide bonds. The van der Waals surface area contributed by atoms with E-state index in [-0.39, 0.29) is 46.8 Å². The number of hydrogen-bond acceptors (Lipinski definition) is 10. The Kier molecular flexibility index (Phi) is 8.95. The molecule has 0 bridgehead atoms. The van der Waals surface area contributed by atoms with Gasteiger partial charge in [0, 0.05) is 6.07 Å². The van der Waals surface area contributed by atoms with Crippen LogP contribution < -0.4 is 9.47 Å². The van der Waals surface area contributed by atoms with Gasteiger partial charge < -0.3 is 14.2 Å². The fourth-order valence-electron chi connectivity index (χ4n) is 3.40. The molecule has 0 aliphatic carbocycles. The molecule has 0 radical (unpaired) electrons. The summed E-state index contributed by atoms with van der Waals surface area (Å²) in [5.74, 6) is 0.536. The molecular weight excluding hydrogens is 536 g/mol. The molecule has 0 fully saturated rings. The summed E-state index contributed by atoms with van der Waals surface area (Å²) < 4.78 is 51.5. The largest absolute Gasteiger partial charge is 0.488 e. The van der Waals surface area contributed by atoms with E-state index in [9.17, 15) is 13.2 Å². The minimum Gasteiger partial charge on any atom is -0.488 e. The van der Waals surface area contributed by atoms with E-state index in [0.29, 0.717) is 23.7 Å². The highest BCUT2D eigenvalue weighted by atomic mass is 35.5. The molecule has 12 heteroatoms. The zero-order valence-corrected chi connectivity index (χ0v) is 22.2. The van der Waals surface area contributed by atoms with Crippen LogP contribution in [0.2, 0.25) is 5.02 Å². The van der Waals surface area contributed by atoms with Crippen molar-refractivity contribution in [3.8, 4) is 11.5 Å². The smallest absolute Gasteiger partial charge is 0.296 e. The highest BCUT2D eigenvalue weighted by Crippen LogP contribution is 2.33. The number of halogens is 1. The van der Waals surface area contributed by atoms with Crippen LogP contribution in [0.15, 0.2) is 64.1 Å². The molecule has 1 atom stereocenters. The zero-order chi connectivity index (χ0) is 27.1. The highest BCUT2D eigenvalue weighted by molar-refractivity contribution is 7.86. The molecule has 1 unspecified atom stereocenters. The minimum atomic E-state index is -3.83. The number of aromatic nitrogens is 2. The van der Waals surface area contributed by atoms with Crippen molar-refractivity contribution in [1.29, 1.82) is 0 Å². The third-order valence-electron chi connectivity index (χ3n) is 5.39. The Balaban J connectivity index is 1.28. The van der Waals surface area contributed by atoms with E-state index >= 15 is 0 Å². The van der Waals surface area contributed by atoms with E-state index in [4.69, 9.17) is 34.6 Å². The van der Waals surface area contributed by atoms with Gasteiger partial charge in [-0.2, -0.15) is 8.42 Å². The first-order chi connectivity index (χ1) is 18.2. The van der Waals surface area contributed by atoms with E-state index in [2.05, 4.69) is 10.3 Å². The lowest BCUT2D eigenvalue weighted by molar-refractivity contribution is -0.0690. The van der Waals surface area contributed by atoms with Crippen LogP contribution in [-0.2, 0) is 25.6 Å². The number of carbonyl (C=O) groups excluding carboxylic acids is 1. The number of ether oxygens (including phenoxy) is 3. The topological polar surface area (TPSA) is 127 Å². The van der Waals surface area contributed by atoms with Gasteiger partial charge in [0.25, 0.3) is 10.1 Å². The first-order valence-electron chi connectivity index (χ1n) is 11.6. The van der Waals surface area contributed by atoms with Gasteiger partial charge in [0.1, 0.15) is 29.1 Å². The molecule has 0 N–H and O–H groups in total. The molecule has 0 aliphatic heterocycles. The second-order valence-electron chi connectivity index (χ2n) is 8.31. The number of fused-ring (bicyclic) bond motifs is 1. The quantitative estimate of drug-likeness (QED) is 0.0941. The summed E-state index contributed by atoms with van der Waals surface area (Å²) in [6.45, 7) is 3.82. The van der Waals surface area contributed by atoms with Crippen LogP contribution in [0.25, 0.3) is 11.0 Å². The van der Waals surface area contributed by atoms with E-state index in [1.165, 1.54) is 24.3 Å². The number of nitrogens with zero attached hydrogens (tertiary/aromatic N) is 2. The van der Waals surface area contributed by atoms with Crippen LogP contribution in [0.5, 0.6) is 11.5 Å². The molecule has 0 spiro atoms. The fourth-order valence-corrected chi connectivity index (χ4v) is 4.56. The molecule has 0 saturated carbocycles. The summed E-state index contributed by atoms with van der Waals surface area (Å²) in [4.78, 5) is 11.7. The summed E-state index contributed by atoms with van der Waals surface area (Å²) in [7, 11) is -3.83. The van der Waals surface area contributed by atoms with Crippen LogP contribution >= 0.6 is 11.6 Å². The number of hydrogen-bond donors (Lipinski definition) is 0. The van der Waals surface area contributed by atoms with Crippen molar-refractivity contribution >= 4 is 39.0 Å². The average Bonchev–Trinajstić information content (AvgIpc) is 3.37. The van der Waals surface area contributed by atoms with Gasteiger partial charge in [-0.3, -0.25) is 8.98 Å². The Labute approximate surface area is 224 Å². The Morgan fingerprint density at radius 1 is 1.00 bits per heavy atom. The number of aldehydes is 1. The van der Waals surface area contributed by atoms with E-state index in [1.807, 2.05) is 13.0 Å². The fraction of sp³-hybridized carbons (Fsp3) is 0.269. The molecule has 4 rings (SSSR count). The third-order valence-corrected chi connectivity index (χ3v) is 7.01. The van der Waals surface area contributed by atoms with E-state index in [0.717, 1.165) is 11.1 Å². The lowest BCUT2D eigenvalue weighted by Gasteiger charge is -2.18. The number of aryl methyl sites for hydroxylation is 1. The lowest BCUT2D eigenvalue weighted by Crippen LogP contribution is -2.18. The minimum absolute atomic E-state index is 0.0497. The van der Waals surface area contributed by atoms with Crippen molar-refractivity contribution < 1.29 is 36.2 Å². The second-order valence-corrected chi connectivity index (χ2v) is 10.3. The molecule has 38 heavy (non-hydrogen) atoms. The first-order valence-corrected chi connectivity index (χ1v) is 13.4. The summed E-state index contributed by atoms with van der Waals surface area (Å²) in [6.07, 6.45) is 0.231. The summed E-state index contributed by atoms with van der Waals surface area (Å²) >= 11 is 6.29. The zero-order valence-electron chi connectivity index (χ0n) is 20.6. The molecule has 10 nitrogen and oxygen atoms in total. The predicted octanol–water partition coefficient (Wildman–Crippen LogP) is 5.11. The maximum absolute atomic E-state index is 12.2. The Hall–Kier alpha value is -3.51. The summed E-state index contributed by atoms with van der Waals surface area (Å²) in [5, 5.41) is 7.77. The van der Waals surface area contributed by atoms with Gasteiger partial charge in [-0.15, -0.1) is 0 Å². The van der Waals surface area contributed by atoms with Gasteiger partial charge in [-0.05, 0) is 66.5 Å². The summed E-state index contributed by atoms with van der Waals surface area (Å²) in [5.41, 5.74) is 3.22. The molecule has 1 aromatic heterocycles. The van der Waals surface area contributed by atoms with Gasteiger partial charge >= 0.3 is 0 Å². The van der Waals surface area contributed by atoms with Crippen molar-refractivity contribution in [3.05, 3.63) is 76.3 Å². The maximum Gasteiger partial charge on any atom is 0.296 e. The van der Waals surface area contributed by atoms with Crippen molar-refractivity contribution in [3.63, 3.8) is 0 Å². The first kappa shape index (κ1) is 27.5. The van der Waals surface area contributed by atoms with E-state index < -0.39 is 16.4 Å². The average molecular weight is 561 g/mol. The predicted molar refractivity (Wildman–Crippen MR) is 138 cm³/mol. The van der Waals surface area contributed by atoms with E-state index in [1.54, 1.807) is 31.2 Å². The molecule has 0 aliphatic rings. The van der Waals surface area contributed by atoms with Crippen LogP contribution in [0.3, 0.4) is 0 Å². The van der Waals surface area contributed by atoms with Gasteiger partial charge in [0.05, 0.1) is 28.7 Å². The van der Waals surface area contributed by atoms with Gasteiger partial charge in [0.2, 0.25) is 0 Å². The SMILES string of the molecule is Cc1ccc(S(=O)(=O)OCCCOC(C)Oc2cc(OCc3ccc4nonc4c3)c(C=O)cc2Cl)cc1. The van der Waals surface area contributed by atoms with Crippen molar-refractivity contribution in [2.75, 3.05) is 13.2 Å². The van der Waals surface area contributed by atoms with Gasteiger partial charge in [-0.1, -0.05) is 35.4 Å². The summed E-state index contributed by atoms with van der Waals surface area (Å²) in [6, 6.07) is 14.7. The molecule has 200 valence electrons. The third kappa shape index (κ3) is 7.07. The maximum atomic E-state index is 12.2. The highest BCUT2D eigenvalue weighted by Gasteiger charge is 2.16. The molecule has 1 heterocycles. The Bertz CT molecular complexity index is 1510. The number of rotatable bonds is 13. The molecule has 3 aromatic carbocycles. The molecular formula is C26H25ClN2O8S. The standard InChI is InChI=1S/C26H25ClN2O8S/c1-17-4-7-21(8-5-17)38(31,32)35-11-3-10-33-18(2)36-26-14-25(20(15-30)13-22(26)27)34-16-19-6-9-23-24(12-19)29-37-28-23/h4-9,12-15,18H,3,10-11,16H2,1-2H3. The van der Waals surface area contributed by atoms with Gasteiger partial charge in [0.15, 0.2) is 12.6 Å². The number of carbonyl (C=O) groups is 1. The Morgan fingerprint density at radius 2 is 1.76 bits per heavy atom. The van der Waals surface area contributed by atoms with Crippen LogP contribution in [0.1, 0.15) is 34.8 Å². The lowest BCUT2D eigenvalue weighted by atomic mass is 10.2. The van der Waals surface area contributed by atoms with Crippen LogP contribution in [-0.4, -0.2) is 44.5 Å². The van der Waals surface area contributed by atoms with Crippen molar-refractivity contribution in [2.45, 2.75) is 38.1 Å². The molecule has 0 saturated heterocycles. The Morgan fingerprint density at radius 3 is 2.53 bits per heavy atom. The van der Waals surface area contributed by atoms with Crippen LogP contribution in [0.4, 0.5) is 0 Å². The van der Waals surface area contributed by atoms with Crippen molar-refractivity contribution in [2.24, 2.45) is 0 Å². The number of benzene rings is 3. The normalized spacial score (nSPS) is 12.4.